The van der Waals surface area contributed by atoms with E-state index >= 15 is 0 Å². The predicted molar refractivity (Wildman–Crippen MR) is 150 cm³/mol. The lowest BCUT2D eigenvalue weighted by Gasteiger charge is -2.33. The summed E-state index contributed by atoms with van der Waals surface area (Å²) in [7, 11) is 1.69. The molecule has 0 bridgehead atoms. The Morgan fingerprint density at radius 2 is 2.00 bits per heavy atom. The fourth-order valence-electron chi connectivity index (χ4n) is 4.17. The van der Waals surface area contributed by atoms with Crippen LogP contribution in [0.4, 0.5) is 5.69 Å². The third-order valence-electron chi connectivity index (χ3n) is 6.09. The summed E-state index contributed by atoms with van der Waals surface area (Å²) in [5.74, 6) is 1.80. The van der Waals surface area contributed by atoms with Crippen LogP contribution in [0.1, 0.15) is 49.2 Å². The molecule has 10 heteroatoms. The minimum atomic E-state index is -0.204. The number of thioether (sulfide) groups is 1. The molecule has 0 saturated carbocycles. The van der Waals surface area contributed by atoms with E-state index in [4.69, 9.17) is 14.2 Å². The summed E-state index contributed by atoms with van der Waals surface area (Å²) < 4.78 is 18.5. The first-order valence-corrected chi connectivity index (χ1v) is 13.7. The highest BCUT2D eigenvalue weighted by molar-refractivity contribution is 7.99. The van der Waals surface area contributed by atoms with Crippen LogP contribution in [0.25, 0.3) is 0 Å². The Kier molecular flexibility index (Phi) is 9.06. The molecule has 4 rings (SSSR count). The van der Waals surface area contributed by atoms with Crippen molar-refractivity contribution in [3.63, 3.8) is 0 Å². The minimum Gasteiger partial charge on any atom is -0.494 e. The number of hydrogen-bond donors (Lipinski definition) is 0. The van der Waals surface area contributed by atoms with Crippen molar-refractivity contribution in [3.05, 3.63) is 59.4 Å². The van der Waals surface area contributed by atoms with Gasteiger partial charge in [-0.15, -0.1) is 10.2 Å². The molecule has 1 saturated heterocycles. The van der Waals surface area contributed by atoms with Crippen LogP contribution in [0.3, 0.4) is 0 Å². The van der Waals surface area contributed by atoms with Gasteiger partial charge < -0.3 is 19.1 Å². The number of anilines is 1. The smallest absolute Gasteiger partial charge is 0.212 e. The van der Waals surface area contributed by atoms with Crippen molar-refractivity contribution in [2.45, 2.75) is 38.3 Å². The van der Waals surface area contributed by atoms with Gasteiger partial charge in [0.2, 0.25) is 5.16 Å². The Bertz CT molecular complexity index is 1280. The maximum Gasteiger partial charge on any atom is 0.212 e. The van der Waals surface area contributed by atoms with Crippen molar-refractivity contribution in [1.82, 2.24) is 14.9 Å². The lowest BCUT2D eigenvalue weighted by molar-refractivity contribution is 0.102. The van der Waals surface area contributed by atoms with Gasteiger partial charge in [-0.2, -0.15) is 9.78 Å². The fraction of sp³-hybridized carbons (Fsp3) is 0.429. The van der Waals surface area contributed by atoms with Crippen LogP contribution in [0.15, 0.2) is 53.0 Å². The average Bonchev–Trinajstić information content (AvgIpc) is 3.37. The van der Waals surface area contributed by atoms with E-state index in [0.717, 1.165) is 41.4 Å². The number of ether oxygens (including phenoxy) is 3. The second-order valence-corrected chi connectivity index (χ2v) is 10.8. The van der Waals surface area contributed by atoms with Crippen LogP contribution in [0.2, 0.25) is 0 Å². The van der Waals surface area contributed by atoms with E-state index in [9.17, 15) is 4.79 Å². The van der Waals surface area contributed by atoms with E-state index in [-0.39, 0.29) is 17.0 Å². The molecule has 1 aliphatic rings. The number of benzene rings is 2. The number of carbonyl (C=O) groups excluding carboxylic acids is 1. The molecule has 1 fully saturated rings. The lowest BCUT2D eigenvalue weighted by Crippen LogP contribution is -2.37. The maximum absolute atomic E-state index is 13.4. The molecule has 0 radical (unpaired) electrons. The zero-order valence-electron chi connectivity index (χ0n) is 22.6. The van der Waals surface area contributed by atoms with E-state index in [1.165, 1.54) is 18.1 Å². The van der Waals surface area contributed by atoms with E-state index in [2.05, 4.69) is 41.0 Å². The van der Waals surface area contributed by atoms with Crippen molar-refractivity contribution in [2.75, 3.05) is 50.7 Å². The number of Topliss-reactive ketones (excluding diaryl/α,β-unsaturated/α-hetero) is 1. The number of aromatic nitrogens is 3. The molecule has 0 aliphatic carbocycles. The van der Waals surface area contributed by atoms with Gasteiger partial charge in [0.15, 0.2) is 5.78 Å². The van der Waals surface area contributed by atoms with E-state index in [0.29, 0.717) is 30.5 Å². The van der Waals surface area contributed by atoms with Gasteiger partial charge in [0.25, 0.3) is 0 Å². The van der Waals surface area contributed by atoms with Gasteiger partial charge in [-0.25, -0.2) is 0 Å². The third kappa shape index (κ3) is 6.73. The zero-order valence-corrected chi connectivity index (χ0v) is 23.5. The summed E-state index contributed by atoms with van der Waals surface area (Å²) in [6.45, 7) is 11.7. The highest BCUT2D eigenvalue weighted by Gasteiger charge is 2.27. The number of morpholine rings is 1. The van der Waals surface area contributed by atoms with Gasteiger partial charge in [0.1, 0.15) is 17.8 Å². The first kappa shape index (κ1) is 27.7. The lowest BCUT2D eigenvalue weighted by atomic mass is 9.84. The Morgan fingerprint density at radius 1 is 1.21 bits per heavy atom. The zero-order chi connectivity index (χ0) is 27.1. The first-order chi connectivity index (χ1) is 18.3. The van der Waals surface area contributed by atoms with Crippen LogP contribution in [0, 0.1) is 0 Å². The molecule has 0 spiro atoms. The SMILES string of the molecule is CCOc1cccc(/C=N/n2cnnc2SCC(=O)c2cc(N3CCOCC3)c(OC)c(C(C)(C)C)c2)c1. The summed E-state index contributed by atoms with van der Waals surface area (Å²) in [6.07, 6.45) is 3.24. The summed E-state index contributed by atoms with van der Waals surface area (Å²) in [4.78, 5) is 15.7. The normalized spacial score (nSPS) is 14.2. The molecular formula is C28H35N5O4S. The molecule has 3 aromatic rings. The Morgan fingerprint density at radius 3 is 2.71 bits per heavy atom. The number of ketones is 1. The quantitative estimate of drug-likeness (QED) is 0.209. The number of carbonyl (C=O) groups is 1. The highest BCUT2D eigenvalue weighted by atomic mass is 32.2. The molecule has 2 aromatic carbocycles. The largest absolute Gasteiger partial charge is 0.494 e. The van der Waals surface area contributed by atoms with Gasteiger partial charge in [0.05, 0.1) is 44.6 Å². The maximum atomic E-state index is 13.4. The van der Waals surface area contributed by atoms with Crippen LogP contribution in [-0.2, 0) is 10.2 Å². The average molecular weight is 538 g/mol. The number of nitrogens with zero attached hydrogens (tertiary/aromatic N) is 5. The summed E-state index contributed by atoms with van der Waals surface area (Å²) >= 11 is 1.30. The van der Waals surface area contributed by atoms with Gasteiger partial charge >= 0.3 is 0 Å². The predicted octanol–water partition coefficient (Wildman–Crippen LogP) is 4.68. The molecule has 9 nitrogen and oxygen atoms in total. The van der Waals surface area contributed by atoms with Crippen molar-refractivity contribution in [3.8, 4) is 11.5 Å². The summed E-state index contributed by atoms with van der Waals surface area (Å²) in [6, 6.07) is 11.6. The second kappa shape index (κ2) is 12.4. The molecule has 0 N–H and O–H groups in total. The highest BCUT2D eigenvalue weighted by Crippen LogP contribution is 2.40. The minimum absolute atomic E-state index is 0.000563. The topological polar surface area (TPSA) is 91.1 Å². The third-order valence-corrected chi connectivity index (χ3v) is 7.02. The van der Waals surface area contributed by atoms with E-state index < -0.39 is 0 Å². The summed E-state index contributed by atoms with van der Waals surface area (Å²) in [5, 5.41) is 13.2. The molecule has 1 aromatic heterocycles. The van der Waals surface area contributed by atoms with Crippen LogP contribution in [0.5, 0.6) is 11.5 Å². The fourth-order valence-corrected chi connectivity index (χ4v) is 4.93. The van der Waals surface area contributed by atoms with Crippen molar-refractivity contribution < 1.29 is 19.0 Å². The van der Waals surface area contributed by atoms with Crippen LogP contribution in [-0.4, -0.2) is 72.6 Å². The van der Waals surface area contributed by atoms with Crippen LogP contribution >= 0.6 is 11.8 Å². The van der Waals surface area contributed by atoms with Gasteiger partial charge in [-0.3, -0.25) is 4.79 Å². The molecule has 202 valence electrons. The Labute approximate surface area is 228 Å². The standard InChI is InChI=1S/C28H35N5O4S/c1-6-37-22-9-7-8-20(14-22)17-30-33-19-29-31-27(33)38-18-25(34)21-15-23(28(2,3)4)26(35-5)24(16-21)32-10-12-36-13-11-32/h7-9,14-17,19H,6,10-13,18H2,1-5H3/b30-17+. The first-order valence-electron chi connectivity index (χ1n) is 12.7. The molecular weight excluding hydrogens is 502 g/mol. The van der Waals surface area contributed by atoms with Gasteiger partial charge in [-0.05, 0) is 42.2 Å². The number of rotatable bonds is 10. The summed E-state index contributed by atoms with van der Waals surface area (Å²) in [5.41, 5.74) is 3.26. The van der Waals surface area contributed by atoms with Crippen molar-refractivity contribution in [2.24, 2.45) is 5.10 Å². The molecule has 38 heavy (non-hydrogen) atoms. The second-order valence-electron chi connectivity index (χ2n) is 9.85. The van der Waals surface area contributed by atoms with Gasteiger partial charge in [0, 0.05) is 24.2 Å². The van der Waals surface area contributed by atoms with Gasteiger partial charge in [-0.1, -0.05) is 44.7 Å². The van der Waals surface area contributed by atoms with Crippen LogP contribution < -0.4 is 14.4 Å². The molecule has 0 unspecified atom stereocenters. The van der Waals surface area contributed by atoms with Crippen molar-refractivity contribution >= 4 is 29.4 Å². The van der Waals surface area contributed by atoms with Crippen molar-refractivity contribution in [1.29, 1.82) is 0 Å². The molecule has 0 amide bonds. The van der Waals surface area contributed by atoms with E-state index in [1.54, 1.807) is 18.0 Å². The Balaban J connectivity index is 1.53. The monoisotopic (exact) mass is 537 g/mol. The molecule has 1 aliphatic heterocycles. The Hall–Kier alpha value is -3.37. The van der Waals surface area contributed by atoms with E-state index in [1.807, 2.05) is 43.3 Å². The number of methoxy groups -OCH3 is 1. The number of hydrogen-bond acceptors (Lipinski definition) is 9. The molecule has 2 heterocycles. The molecule has 0 atom stereocenters.